The largest absolute Gasteiger partial charge is 0.464 e. The molecular formula is C16H13BrN2O3S. The standard InChI is InChI=1S/C16H13BrN2O3S/c17-11-6-10(7-18-8-11)16(21)19-9-12(20)14-3-4-15(23-14)13-2-1-5-22-13/h1-8,12,20H,9H2,(H,19,21). The van der Waals surface area contributed by atoms with Crippen LogP contribution in [0.5, 0.6) is 0 Å². The first-order valence-electron chi connectivity index (χ1n) is 6.84. The number of aliphatic hydroxyl groups excluding tert-OH is 1. The van der Waals surface area contributed by atoms with Crippen molar-refractivity contribution in [1.82, 2.24) is 10.3 Å². The molecule has 0 saturated carbocycles. The zero-order valence-electron chi connectivity index (χ0n) is 11.9. The highest BCUT2D eigenvalue weighted by atomic mass is 79.9. The van der Waals surface area contributed by atoms with Crippen LogP contribution in [-0.4, -0.2) is 22.5 Å². The molecule has 3 aromatic rings. The number of hydrogen-bond acceptors (Lipinski definition) is 5. The Morgan fingerprint density at radius 2 is 2.26 bits per heavy atom. The van der Waals surface area contributed by atoms with E-state index in [0.29, 0.717) is 5.56 Å². The molecule has 0 saturated heterocycles. The van der Waals surface area contributed by atoms with Gasteiger partial charge in [-0.2, -0.15) is 0 Å². The molecule has 23 heavy (non-hydrogen) atoms. The van der Waals surface area contributed by atoms with Crippen molar-refractivity contribution in [2.24, 2.45) is 0 Å². The molecule has 2 N–H and O–H groups in total. The summed E-state index contributed by atoms with van der Waals surface area (Å²) in [7, 11) is 0. The molecule has 0 radical (unpaired) electrons. The van der Waals surface area contributed by atoms with Crippen LogP contribution in [0.4, 0.5) is 0 Å². The zero-order valence-corrected chi connectivity index (χ0v) is 14.3. The minimum absolute atomic E-state index is 0.128. The molecule has 0 aliphatic rings. The monoisotopic (exact) mass is 392 g/mol. The Kier molecular flexibility index (Phi) is 4.90. The molecule has 0 aliphatic heterocycles. The SMILES string of the molecule is O=C(NCC(O)c1ccc(-c2ccco2)s1)c1cncc(Br)c1. The van der Waals surface area contributed by atoms with E-state index in [4.69, 9.17) is 4.42 Å². The summed E-state index contributed by atoms with van der Waals surface area (Å²) in [6.07, 6.45) is 3.92. The number of pyridine rings is 1. The van der Waals surface area contributed by atoms with Crippen molar-refractivity contribution in [3.8, 4) is 10.6 Å². The van der Waals surface area contributed by atoms with E-state index in [1.807, 2.05) is 24.3 Å². The van der Waals surface area contributed by atoms with Crippen LogP contribution in [0, 0.1) is 0 Å². The van der Waals surface area contributed by atoms with Gasteiger partial charge in [0.15, 0.2) is 0 Å². The Balaban J connectivity index is 1.61. The molecule has 0 bridgehead atoms. The van der Waals surface area contributed by atoms with Gasteiger partial charge in [0, 0.05) is 28.3 Å². The van der Waals surface area contributed by atoms with Gasteiger partial charge in [-0.25, -0.2) is 0 Å². The lowest BCUT2D eigenvalue weighted by Crippen LogP contribution is -2.28. The van der Waals surface area contributed by atoms with E-state index in [1.165, 1.54) is 17.5 Å². The summed E-state index contributed by atoms with van der Waals surface area (Å²) in [5, 5.41) is 12.9. The van der Waals surface area contributed by atoms with E-state index in [2.05, 4.69) is 26.2 Å². The lowest BCUT2D eigenvalue weighted by atomic mass is 10.2. The lowest BCUT2D eigenvalue weighted by molar-refractivity contribution is 0.0917. The van der Waals surface area contributed by atoms with Gasteiger partial charge in [0.25, 0.3) is 5.91 Å². The van der Waals surface area contributed by atoms with Gasteiger partial charge in [-0.05, 0) is 46.3 Å². The second-order valence-electron chi connectivity index (χ2n) is 4.80. The highest BCUT2D eigenvalue weighted by Gasteiger charge is 2.14. The van der Waals surface area contributed by atoms with Crippen molar-refractivity contribution in [2.75, 3.05) is 6.54 Å². The molecule has 0 spiro atoms. The topological polar surface area (TPSA) is 75.4 Å². The average Bonchev–Trinajstić information content (AvgIpc) is 3.22. The summed E-state index contributed by atoms with van der Waals surface area (Å²) in [6.45, 7) is 0.128. The third-order valence-electron chi connectivity index (χ3n) is 3.14. The van der Waals surface area contributed by atoms with Crippen LogP contribution in [0.1, 0.15) is 21.3 Å². The number of thiophene rings is 1. The number of amides is 1. The first-order valence-corrected chi connectivity index (χ1v) is 8.45. The number of carbonyl (C=O) groups is 1. The van der Waals surface area contributed by atoms with Crippen LogP contribution in [0.25, 0.3) is 10.6 Å². The molecule has 118 valence electrons. The van der Waals surface area contributed by atoms with E-state index in [1.54, 1.807) is 18.5 Å². The van der Waals surface area contributed by atoms with E-state index in [-0.39, 0.29) is 12.5 Å². The molecule has 3 aromatic heterocycles. The van der Waals surface area contributed by atoms with Gasteiger partial charge in [-0.3, -0.25) is 9.78 Å². The second-order valence-corrected chi connectivity index (χ2v) is 6.83. The van der Waals surface area contributed by atoms with Crippen LogP contribution in [0.2, 0.25) is 0 Å². The molecule has 1 unspecified atom stereocenters. The van der Waals surface area contributed by atoms with E-state index in [0.717, 1.165) is 20.0 Å². The number of furan rings is 1. The van der Waals surface area contributed by atoms with Gasteiger partial charge >= 0.3 is 0 Å². The van der Waals surface area contributed by atoms with Crippen LogP contribution in [-0.2, 0) is 0 Å². The quantitative estimate of drug-likeness (QED) is 0.694. The fourth-order valence-electron chi connectivity index (χ4n) is 2.01. The number of halogens is 1. The number of hydrogen-bond donors (Lipinski definition) is 2. The summed E-state index contributed by atoms with van der Waals surface area (Å²) >= 11 is 4.70. The number of aliphatic hydroxyl groups is 1. The first kappa shape index (κ1) is 15.9. The van der Waals surface area contributed by atoms with Gasteiger partial charge in [0.2, 0.25) is 0 Å². The molecule has 7 heteroatoms. The predicted molar refractivity (Wildman–Crippen MR) is 91.3 cm³/mol. The summed E-state index contributed by atoms with van der Waals surface area (Å²) in [6, 6.07) is 9.08. The lowest BCUT2D eigenvalue weighted by Gasteiger charge is -2.10. The zero-order chi connectivity index (χ0) is 16.2. The molecule has 3 heterocycles. The normalized spacial score (nSPS) is 12.1. The molecule has 1 amide bonds. The van der Waals surface area contributed by atoms with Crippen LogP contribution in [0.3, 0.4) is 0 Å². The average molecular weight is 393 g/mol. The summed E-state index contributed by atoms with van der Waals surface area (Å²) < 4.78 is 6.06. The summed E-state index contributed by atoms with van der Waals surface area (Å²) in [5.74, 6) is 0.485. The van der Waals surface area contributed by atoms with Crippen LogP contribution >= 0.6 is 27.3 Å². The Labute approximate surface area is 145 Å². The molecule has 0 fully saturated rings. The Morgan fingerprint density at radius 1 is 1.39 bits per heavy atom. The van der Waals surface area contributed by atoms with Gasteiger partial charge in [0.05, 0.1) is 16.7 Å². The molecular weight excluding hydrogens is 380 g/mol. The minimum atomic E-state index is -0.771. The number of aromatic nitrogens is 1. The fourth-order valence-corrected chi connectivity index (χ4v) is 3.34. The van der Waals surface area contributed by atoms with Crippen LogP contribution < -0.4 is 5.32 Å². The minimum Gasteiger partial charge on any atom is -0.464 e. The van der Waals surface area contributed by atoms with Crippen molar-refractivity contribution in [3.05, 3.63) is 63.9 Å². The van der Waals surface area contributed by atoms with Crippen molar-refractivity contribution in [3.63, 3.8) is 0 Å². The van der Waals surface area contributed by atoms with Gasteiger partial charge in [0.1, 0.15) is 11.9 Å². The van der Waals surface area contributed by atoms with Crippen molar-refractivity contribution >= 4 is 33.2 Å². The maximum atomic E-state index is 12.0. The highest BCUT2D eigenvalue weighted by molar-refractivity contribution is 9.10. The summed E-state index contributed by atoms with van der Waals surface area (Å²) in [5.41, 5.74) is 0.439. The fraction of sp³-hybridized carbons (Fsp3) is 0.125. The van der Waals surface area contributed by atoms with E-state index < -0.39 is 6.10 Å². The van der Waals surface area contributed by atoms with Crippen molar-refractivity contribution in [2.45, 2.75) is 6.10 Å². The first-order chi connectivity index (χ1) is 11.1. The third-order valence-corrected chi connectivity index (χ3v) is 4.78. The number of rotatable bonds is 5. The molecule has 3 rings (SSSR count). The van der Waals surface area contributed by atoms with Crippen molar-refractivity contribution in [1.29, 1.82) is 0 Å². The van der Waals surface area contributed by atoms with Gasteiger partial charge < -0.3 is 14.8 Å². The van der Waals surface area contributed by atoms with Gasteiger partial charge in [-0.15, -0.1) is 11.3 Å². The maximum absolute atomic E-state index is 12.0. The Morgan fingerprint density at radius 3 is 3.00 bits per heavy atom. The van der Waals surface area contributed by atoms with E-state index >= 15 is 0 Å². The van der Waals surface area contributed by atoms with E-state index in [9.17, 15) is 9.90 Å². The number of carbonyl (C=O) groups excluding carboxylic acids is 1. The molecule has 1 atom stereocenters. The molecule has 0 aromatic carbocycles. The third kappa shape index (κ3) is 3.87. The van der Waals surface area contributed by atoms with Crippen LogP contribution in [0.15, 0.2) is 57.9 Å². The Hall–Kier alpha value is -1.96. The number of nitrogens with zero attached hydrogens (tertiary/aromatic N) is 1. The maximum Gasteiger partial charge on any atom is 0.252 e. The highest BCUT2D eigenvalue weighted by Crippen LogP contribution is 2.31. The van der Waals surface area contributed by atoms with Crippen molar-refractivity contribution < 1.29 is 14.3 Å². The Bertz CT molecular complexity index is 801. The molecule has 5 nitrogen and oxygen atoms in total. The molecule has 0 aliphatic carbocycles. The predicted octanol–water partition coefficient (Wildman–Crippen LogP) is 3.63. The van der Waals surface area contributed by atoms with Gasteiger partial charge in [-0.1, -0.05) is 0 Å². The smallest absolute Gasteiger partial charge is 0.252 e. The summed E-state index contributed by atoms with van der Waals surface area (Å²) in [4.78, 5) is 17.7. The second kappa shape index (κ2) is 7.08. The number of nitrogens with one attached hydrogen (secondary N) is 1.